The fourth-order valence-electron chi connectivity index (χ4n) is 0.313. The molecule has 1 rings (SSSR count). The van der Waals surface area contributed by atoms with Gasteiger partial charge in [-0.2, -0.15) is 0 Å². The predicted molar refractivity (Wildman–Crippen MR) is 45.5 cm³/mol. The maximum atomic E-state index is 3.78. The van der Waals surface area contributed by atoms with E-state index in [0.29, 0.717) is 0 Å². The Labute approximate surface area is 62.0 Å². The highest BCUT2D eigenvalue weighted by Gasteiger charge is 1.58. The molecule has 0 unspecified atom stereocenters. The largest absolute Gasteiger partial charge is 0.344 e. The molecule has 0 radical (unpaired) electrons. The van der Waals surface area contributed by atoms with Crippen LogP contribution in [-0.2, 0) is 0 Å². The van der Waals surface area contributed by atoms with Crippen LogP contribution in [0.15, 0.2) is 43.8 Å². The van der Waals surface area contributed by atoms with E-state index in [4.69, 9.17) is 0 Å². The Bertz CT molecular complexity index is 91.7. The summed E-state index contributed by atoms with van der Waals surface area (Å²) in [5.41, 5.74) is 0. The molecular weight excluding hydrogens is 126 g/mol. The summed E-state index contributed by atoms with van der Waals surface area (Å²) < 4.78 is 0. The van der Waals surface area contributed by atoms with E-state index in [1.165, 1.54) is 0 Å². The molecule has 0 saturated carbocycles. The van der Waals surface area contributed by atoms with Gasteiger partial charge in [0.15, 0.2) is 0 Å². The highest BCUT2D eigenvalue weighted by atomic mass is 14.6. The van der Waals surface area contributed by atoms with E-state index in [9.17, 15) is 0 Å². The van der Waals surface area contributed by atoms with Gasteiger partial charge in [0.05, 0.1) is 0 Å². The van der Waals surface area contributed by atoms with Crippen LogP contribution in [0.1, 0.15) is 0 Å². The molecule has 3 nitrogen and oxygen atoms in total. The molecule has 0 aliphatic heterocycles. The van der Waals surface area contributed by atoms with Gasteiger partial charge < -0.3 is 12.3 Å². The van der Waals surface area contributed by atoms with Crippen LogP contribution in [0.5, 0.6) is 0 Å². The molecule has 0 atom stereocenters. The van der Waals surface area contributed by atoms with Crippen molar-refractivity contribution in [1.29, 1.82) is 0 Å². The minimum absolute atomic E-state index is 0. The molecule has 0 aliphatic rings. The van der Waals surface area contributed by atoms with Crippen LogP contribution >= 0.6 is 0 Å². The topological polar surface area (TPSA) is 82.9 Å². The first-order valence-corrected chi connectivity index (χ1v) is 2.35. The van der Waals surface area contributed by atoms with Gasteiger partial charge in [-0.15, -0.1) is 13.2 Å². The number of nitrogens with zero attached hydrogens (tertiary/aromatic N) is 1. The van der Waals surface area contributed by atoms with E-state index in [0.717, 1.165) is 0 Å². The molecule has 0 amide bonds. The van der Waals surface area contributed by atoms with Gasteiger partial charge in [-0.3, -0.25) is 4.98 Å². The SMILES string of the molecule is C=C.N.N.c1ccncc1. The van der Waals surface area contributed by atoms with E-state index in [-0.39, 0.29) is 12.3 Å². The molecule has 0 aromatic carbocycles. The lowest BCUT2D eigenvalue weighted by Crippen LogP contribution is -1.58. The maximum Gasteiger partial charge on any atom is 0.0267 e. The number of rotatable bonds is 0. The van der Waals surface area contributed by atoms with Gasteiger partial charge in [0, 0.05) is 12.4 Å². The number of aromatic nitrogens is 1. The van der Waals surface area contributed by atoms with Gasteiger partial charge in [-0.05, 0) is 12.1 Å². The standard InChI is InChI=1S/C5H5N.C2H4.2H3N/c1-2-4-6-5-3-1;1-2;;/h1-5H;1-2H2;2*1H3. The molecule has 6 N–H and O–H groups in total. The van der Waals surface area contributed by atoms with Gasteiger partial charge >= 0.3 is 0 Å². The van der Waals surface area contributed by atoms with Gasteiger partial charge in [0.25, 0.3) is 0 Å². The van der Waals surface area contributed by atoms with E-state index in [1.807, 2.05) is 18.2 Å². The molecule has 3 heteroatoms. The molecule has 10 heavy (non-hydrogen) atoms. The first kappa shape index (κ1) is 15.9. The summed E-state index contributed by atoms with van der Waals surface area (Å²) in [6, 6.07) is 5.72. The Kier molecular flexibility index (Phi) is 24.9. The fraction of sp³-hybridized carbons (Fsp3) is 0. The van der Waals surface area contributed by atoms with Gasteiger partial charge in [-0.1, -0.05) is 6.07 Å². The lowest BCUT2D eigenvalue weighted by Gasteiger charge is -1.70. The second-order valence-electron chi connectivity index (χ2n) is 1.02. The van der Waals surface area contributed by atoms with Crippen LogP contribution in [0.25, 0.3) is 0 Å². The lowest BCUT2D eigenvalue weighted by atomic mass is 10.5. The summed E-state index contributed by atoms with van der Waals surface area (Å²) in [7, 11) is 0. The molecule has 0 fully saturated rings. The van der Waals surface area contributed by atoms with Crippen LogP contribution in [0.2, 0.25) is 0 Å². The van der Waals surface area contributed by atoms with E-state index in [2.05, 4.69) is 18.1 Å². The summed E-state index contributed by atoms with van der Waals surface area (Å²) in [5.74, 6) is 0. The summed E-state index contributed by atoms with van der Waals surface area (Å²) in [4.78, 5) is 3.78. The van der Waals surface area contributed by atoms with Crippen molar-refractivity contribution < 1.29 is 0 Å². The second kappa shape index (κ2) is 15.7. The maximum absolute atomic E-state index is 3.78. The van der Waals surface area contributed by atoms with Crippen molar-refractivity contribution in [3.05, 3.63) is 43.8 Å². The zero-order valence-electron chi connectivity index (χ0n) is 6.16. The van der Waals surface area contributed by atoms with Crippen LogP contribution in [-0.4, -0.2) is 4.98 Å². The van der Waals surface area contributed by atoms with E-state index in [1.54, 1.807) is 12.4 Å². The Morgan fingerprint density at radius 2 is 1.20 bits per heavy atom. The molecule has 0 saturated heterocycles. The van der Waals surface area contributed by atoms with Crippen molar-refractivity contribution in [2.75, 3.05) is 0 Å². The number of pyridine rings is 1. The van der Waals surface area contributed by atoms with Crippen LogP contribution < -0.4 is 12.3 Å². The van der Waals surface area contributed by atoms with Crippen LogP contribution in [0, 0.1) is 0 Å². The van der Waals surface area contributed by atoms with Crippen LogP contribution in [0.4, 0.5) is 0 Å². The molecule has 1 aromatic heterocycles. The zero-order valence-corrected chi connectivity index (χ0v) is 6.16. The third-order valence-corrected chi connectivity index (χ3v) is 0.566. The Hall–Kier alpha value is -1.19. The van der Waals surface area contributed by atoms with Crippen molar-refractivity contribution in [3.8, 4) is 0 Å². The second-order valence-corrected chi connectivity index (χ2v) is 1.02. The first-order valence-electron chi connectivity index (χ1n) is 2.35. The summed E-state index contributed by atoms with van der Waals surface area (Å²) in [6.45, 7) is 6.00. The van der Waals surface area contributed by atoms with E-state index < -0.39 is 0 Å². The van der Waals surface area contributed by atoms with E-state index >= 15 is 0 Å². The molecule has 58 valence electrons. The van der Waals surface area contributed by atoms with Crippen molar-refractivity contribution >= 4 is 0 Å². The summed E-state index contributed by atoms with van der Waals surface area (Å²) in [5, 5.41) is 0. The quantitative estimate of drug-likeness (QED) is 0.543. The van der Waals surface area contributed by atoms with Crippen molar-refractivity contribution in [1.82, 2.24) is 17.3 Å². The minimum Gasteiger partial charge on any atom is -0.344 e. The number of hydrogen-bond acceptors (Lipinski definition) is 3. The molecule has 0 spiro atoms. The Balaban J connectivity index is -0.000000114. The molecule has 1 heterocycles. The van der Waals surface area contributed by atoms with Gasteiger partial charge in [0.1, 0.15) is 0 Å². The minimum atomic E-state index is 0. The Morgan fingerprint density at radius 3 is 1.30 bits per heavy atom. The average molecular weight is 141 g/mol. The van der Waals surface area contributed by atoms with Gasteiger partial charge in [-0.25, -0.2) is 0 Å². The highest BCUT2D eigenvalue weighted by Crippen LogP contribution is 1.73. The molecular formula is C7H15N3. The van der Waals surface area contributed by atoms with Crippen molar-refractivity contribution in [3.63, 3.8) is 0 Å². The third-order valence-electron chi connectivity index (χ3n) is 0.566. The average Bonchev–Trinajstić information content (AvgIpc) is 1.96. The van der Waals surface area contributed by atoms with Gasteiger partial charge in [0.2, 0.25) is 0 Å². The normalized spacial score (nSPS) is 5.20. The summed E-state index contributed by atoms with van der Waals surface area (Å²) in [6.07, 6.45) is 3.50. The number of hydrogen-bond donors (Lipinski definition) is 2. The molecule has 1 aromatic rings. The molecule has 0 bridgehead atoms. The van der Waals surface area contributed by atoms with Crippen molar-refractivity contribution in [2.45, 2.75) is 0 Å². The predicted octanol–water partition coefficient (Wildman–Crippen LogP) is 2.21. The smallest absolute Gasteiger partial charge is 0.0267 e. The third kappa shape index (κ3) is 9.94. The Morgan fingerprint density at radius 1 is 0.800 bits per heavy atom. The summed E-state index contributed by atoms with van der Waals surface area (Å²) >= 11 is 0. The van der Waals surface area contributed by atoms with Crippen molar-refractivity contribution in [2.24, 2.45) is 0 Å². The highest BCUT2D eigenvalue weighted by molar-refractivity contribution is 4.88. The monoisotopic (exact) mass is 141 g/mol. The fourth-order valence-corrected chi connectivity index (χ4v) is 0.313. The van der Waals surface area contributed by atoms with Crippen LogP contribution in [0.3, 0.4) is 0 Å². The zero-order chi connectivity index (χ0) is 6.24. The first-order chi connectivity index (χ1) is 4.00. The molecule has 0 aliphatic carbocycles. The lowest BCUT2D eigenvalue weighted by molar-refractivity contribution is 1.33.